The zero-order valence-corrected chi connectivity index (χ0v) is 43.2. The summed E-state index contributed by atoms with van der Waals surface area (Å²) in [5.74, 6) is 0.759. The summed E-state index contributed by atoms with van der Waals surface area (Å²) in [5, 5.41) is 0. The Bertz CT molecular complexity index is 962. The number of ether oxygens (including phenoxy) is 3. The van der Waals surface area contributed by atoms with E-state index in [1.54, 1.807) is 0 Å². The summed E-state index contributed by atoms with van der Waals surface area (Å²) < 4.78 is 16.8. The minimum absolute atomic E-state index is 0.0638. The van der Waals surface area contributed by atoms with E-state index in [9.17, 15) is 14.4 Å². The molecule has 0 aliphatic heterocycles. The Kier molecular flexibility index (Phi) is 48.6. The lowest BCUT2D eigenvalue weighted by atomic mass is 10.0. The molecule has 0 aliphatic carbocycles. The predicted molar refractivity (Wildman–Crippen MR) is 270 cm³/mol. The molecule has 0 saturated heterocycles. The molecular formula is C57H110O6. The lowest BCUT2D eigenvalue weighted by Gasteiger charge is -2.18. The van der Waals surface area contributed by atoms with Gasteiger partial charge in [-0.25, -0.2) is 0 Å². The maximum atomic E-state index is 12.8. The van der Waals surface area contributed by atoms with Crippen LogP contribution in [0.2, 0.25) is 0 Å². The molecule has 0 amide bonds. The van der Waals surface area contributed by atoms with Crippen molar-refractivity contribution in [2.75, 3.05) is 13.2 Å². The third-order valence-corrected chi connectivity index (χ3v) is 13.0. The van der Waals surface area contributed by atoms with Crippen LogP contribution in [0.1, 0.15) is 317 Å². The molecule has 0 rings (SSSR count). The van der Waals surface area contributed by atoms with Crippen LogP contribution >= 0.6 is 0 Å². The Morgan fingerprint density at radius 1 is 0.302 bits per heavy atom. The van der Waals surface area contributed by atoms with Crippen molar-refractivity contribution in [3.63, 3.8) is 0 Å². The molecule has 374 valence electrons. The lowest BCUT2D eigenvalue weighted by Crippen LogP contribution is -2.30. The standard InChI is InChI=1S/C57H110O6/c1-6-7-8-9-10-11-12-13-14-15-16-17-18-22-25-28-31-37-42-47-55(58)61-50-54(51-62-56(59)48-43-38-34-33-36-41-46-53(4)5)63-57(60)49-44-39-32-29-26-23-20-19-21-24-27-30-35-40-45-52(2)3/h52-54H,6-51H2,1-5H3/t54-/m0/s1. The number of carbonyl (C=O) groups is 3. The first-order valence-corrected chi connectivity index (χ1v) is 28.2. The largest absolute Gasteiger partial charge is 0.462 e. The van der Waals surface area contributed by atoms with Gasteiger partial charge in [0.15, 0.2) is 6.10 Å². The van der Waals surface area contributed by atoms with Gasteiger partial charge in [0.25, 0.3) is 0 Å². The quantitative estimate of drug-likeness (QED) is 0.0344. The van der Waals surface area contributed by atoms with Crippen molar-refractivity contribution >= 4 is 17.9 Å². The van der Waals surface area contributed by atoms with Gasteiger partial charge in [0.1, 0.15) is 13.2 Å². The van der Waals surface area contributed by atoms with Gasteiger partial charge >= 0.3 is 17.9 Å². The highest BCUT2D eigenvalue weighted by atomic mass is 16.6. The van der Waals surface area contributed by atoms with Crippen LogP contribution in [0, 0.1) is 11.8 Å². The van der Waals surface area contributed by atoms with Crippen LogP contribution in [-0.2, 0) is 28.6 Å². The molecule has 63 heavy (non-hydrogen) atoms. The van der Waals surface area contributed by atoms with Crippen molar-refractivity contribution in [3.8, 4) is 0 Å². The van der Waals surface area contributed by atoms with E-state index in [2.05, 4.69) is 34.6 Å². The Morgan fingerprint density at radius 2 is 0.524 bits per heavy atom. The average Bonchev–Trinajstić information content (AvgIpc) is 3.25. The first-order valence-electron chi connectivity index (χ1n) is 28.2. The van der Waals surface area contributed by atoms with Gasteiger partial charge in [-0.15, -0.1) is 0 Å². The first-order chi connectivity index (χ1) is 30.7. The second-order valence-electron chi connectivity index (χ2n) is 20.5. The molecular weight excluding hydrogens is 781 g/mol. The van der Waals surface area contributed by atoms with Crippen molar-refractivity contribution in [2.45, 2.75) is 323 Å². The topological polar surface area (TPSA) is 78.9 Å². The zero-order valence-electron chi connectivity index (χ0n) is 43.2. The van der Waals surface area contributed by atoms with E-state index in [4.69, 9.17) is 14.2 Å². The summed E-state index contributed by atoms with van der Waals surface area (Å²) >= 11 is 0. The van der Waals surface area contributed by atoms with E-state index in [-0.39, 0.29) is 31.1 Å². The molecule has 0 aromatic heterocycles. The molecule has 0 heterocycles. The predicted octanol–water partition coefficient (Wildman–Crippen LogP) is 18.5. The zero-order chi connectivity index (χ0) is 46.1. The van der Waals surface area contributed by atoms with E-state index >= 15 is 0 Å². The van der Waals surface area contributed by atoms with Crippen LogP contribution < -0.4 is 0 Å². The Hall–Kier alpha value is -1.59. The molecule has 0 N–H and O–H groups in total. The van der Waals surface area contributed by atoms with Gasteiger partial charge in [0.05, 0.1) is 0 Å². The van der Waals surface area contributed by atoms with Crippen LogP contribution in [0.25, 0.3) is 0 Å². The van der Waals surface area contributed by atoms with Gasteiger partial charge in [-0.3, -0.25) is 14.4 Å². The summed E-state index contributed by atoms with van der Waals surface area (Å²) in [4.78, 5) is 38.0. The highest BCUT2D eigenvalue weighted by Gasteiger charge is 2.19. The van der Waals surface area contributed by atoms with Gasteiger partial charge in [-0.2, -0.15) is 0 Å². The van der Waals surface area contributed by atoms with Crippen molar-refractivity contribution in [2.24, 2.45) is 11.8 Å². The third-order valence-electron chi connectivity index (χ3n) is 13.0. The SMILES string of the molecule is CCCCCCCCCCCCCCCCCCCCCC(=O)OC[C@@H](COC(=O)CCCCCCCCC(C)C)OC(=O)CCCCCCCCCCCCCCCCC(C)C. The number of unbranched alkanes of at least 4 members (excludes halogenated alkanes) is 36. The smallest absolute Gasteiger partial charge is 0.306 e. The Balaban J connectivity index is 4.21. The summed E-state index contributed by atoms with van der Waals surface area (Å²) in [5.41, 5.74) is 0. The molecule has 0 aliphatic rings. The summed E-state index contributed by atoms with van der Waals surface area (Å²) in [6.45, 7) is 11.3. The van der Waals surface area contributed by atoms with Crippen LogP contribution in [-0.4, -0.2) is 37.2 Å². The van der Waals surface area contributed by atoms with Gasteiger partial charge in [-0.1, -0.05) is 279 Å². The lowest BCUT2D eigenvalue weighted by molar-refractivity contribution is -0.167. The molecule has 0 aromatic carbocycles. The highest BCUT2D eigenvalue weighted by Crippen LogP contribution is 2.18. The van der Waals surface area contributed by atoms with Gasteiger partial charge < -0.3 is 14.2 Å². The molecule has 6 nitrogen and oxygen atoms in total. The van der Waals surface area contributed by atoms with Crippen LogP contribution in [0.15, 0.2) is 0 Å². The summed E-state index contributed by atoms with van der Waals surface area (Å²) in [6.07, 6.45) is 52.6. The number of rotatable bonds is 51. The molecule has 0 fully saturated rings. The minimum atomic E-state index is -0.763. The van der Waals surface area contributed by atoms with Crippen molar-refractivity contribution in [1.82, 2.24) is 0 Å². The van der Waals surface area contributed by atoms with Crippen molar-refractivity contribution < 1.29 is 28.6 Å². The highest BCUT2D eigenvalue weighted by molar-refractivity contribution is 5.71. The minimum Gasteiger partial charge on any atom is -0.462 e. The normalized spacial score (nSPS) is 12.0. The second-order valence-corrected chi connectivity index (χ2v) is 20.5. The number of hydrogen-bond acceptors (Lipinski definition) is 6. The van der Waals surface area contributed by atoms with E-state index in [1.165, 1.54) is 205 Å². The van der Waals surface area contributed by atoms with E-state index in [0.717, 1.165) is 69.6 Å². The monoisotopic (exact) mass is 891 g/mol. The van der Waals surface area contributed by atoms with Gasteiger partial charge in [0, 0.05) is 19.3 Å². The molecule has 0 spiro atoms. The van der Waals surface area contributed by atoms with Crippen LogP contribution in [0.3, 0.4) is 0 Å². The molecule has 6 heteroatoms. The third kappa shape index (κ3) is 51.3. The van der Waals surface area contributed by atoms with E-state index in [0.29, 0.717) is 19.3 Å². The summed E-state index contributed by atoms with van der Waals surface area (Å²) in [6, 6.07) is 0. The molecule has 0 saturated carbocycles. The molecule has 0 radical (unpaired) electrons. The maximum Gasteiger partial charge on any atom is 0.306 e. The number of esters is 3. The fraction of sp³-hybridized carbons (Fsp3) is 0.947. The van der Waals surface area contributed by atoms with Crippen LogP contribution in [0.5, 0.6) is 0 Å². The van der Waals surface area contributed by atoms with Crippen LogP contribution in [0.4, 0.5) is 0 Å². The summed E-state index contributed by atoms with van der Waals surface area (Å²) in [7, 11) is 0. The van der Waals surface area contributed by atoms with Crippen molar-refractivity contribution in [1.29, 1.82) is 0 Å². The molecule has 1 atom stereocenters. The van der Waals surface area contributed by atoms with Crippen molar-refractivity contribution in [3.05, 3.63) is 0 Å². The average molecular weight is 892 g/mol. The Morgan fingerprint density at radius 3 is 0.778 bits per heavy atom. The number of carbonyl (C=O) groups excluding carboxylic acids is 3. The van der Waals surface area contributed by atoms with Gasteiger partial charge in [0.2, 0.25) is 0 Å². The Labute approximate surface area is 393 Å². The fourth-order valence-electron chi connectivity index (χ4n) is 8.70. The van der Waals surface area contributed by atoms with E-state index < -0.39 is 6.10 Å². The molecule has 0 bridgehead atoms. The van der Waals surface area contributed by atoms with Gasteiger partial charge in [-0.05, 0) is 31.1 Å². The second kappa shape index (κ2) is 49.8. The maximum absolute atomic E-state index is 12.8. The number of hydrogen-bond donors (Lipinski definition) is 0. The molecule has 0 unspecified atom stereocenters. The molecule has 0 aromatic rings. The first kappa shape index (κ1) is 61.4. The van der Waals surface area contributed by atoms with E-state index in [1.807, 2.05) is 0 Å². The fourth-order valence-corrected chi connectivity index (χ4v) is 8.70.